The highest BCUT2D eigenvalue weighted by Crippen LogP contribution is 2.15. The first-order chi connectivity index (χ1) is 5.59. The van der Waals surface area contributed by atoms with E-state index in [2.05, 4.69) is 5.32 Å². The van der Waals surface area contributed by atoms with Crippen molar-refractivity contribution in [2.24, 2.45) is 5.73 Å². The number of hydrogen-bond donors (Lipinski definition) is 2. The van der Waals surface area contributed by atoms with Crippen molar-refractivity contribution in [2.75, 3.05) is 5.32 Å². The molecule has 0 radical (unpaired) electrons. The minimum Gasteiger partial charge on any atom is -0.351 e. The van der Waals surface area contributed by atoms with Gasteiger partial charge in [-0.1, -0.05) is 6.07 Å². The van der Waals surface area contributed by atoms with Crippen LogP contribution >= 0.6 is 0 Å². The van der Waals surface area contributed by atoms with Gasteiger partial charge in [-0.3, -0.25) is 0 Å². The minimum absolute atomic E-state index is 0.399. The molecule has 1 aromatic rings. The third-order valence-electron chi connectivity index (χ3n) is 1.46. The van der Waals surface area contributed by atoms with Crippen molar-refractivity contribution >= 4 is 11.7 Å². The van der Waals surface area contributed by atoms with Crippen molar-refractivity contribution in [3.63, 3.8) is 0 Å². The number of halogens is 1. The molecule has 0 aliphatic heterocycles. The Kier molecular flexibility index (Phi) is 2.28. The number of hydrogen-bond acceptors (Lipinski definition) is 1. The summed E-state index contributed by atoms with van der Waals surface area (Å²) in [5.41, 5.74) is 6.05. The predicted octanol–water partition coefficient (Wildman–Crippen LogP) is 1.62. The van der Waals surface area contributed by atoms with Crippen LogP contribution in [0.15, 0.2) is 18.2 Å². The zero-order chi connectivity index (χ0) is 9.14. The van der Waals surface area contributed by atoms with Crippen LogP contribution in [0.25, 0.3) is 0 Å². The first kappa shape index (κ1) is 8.52. The molecular weight excluding hydrogens is 159 g/mol. The standard InChI is InChI=1S/C8H9FN2O/c1-5-2-3-6(9)4-7(5)11-8(10)12/h2-4H,1H3,(H3,10,11,12). The van der Waals surface area contributed by atoms with Gasteiger partial charge in [0.1, 0.15) is 5.82 Å². The molecule has 1 rings (SSSR count). The average molecular weight is 168 g/mol. The van der Waals surface area contributed by atoms with Crippen LogP contribution in [0.1, 0.15) is 5.56 Å². The number of nitrogens with one attached hydrogen (secondary N) is 1. The smallest absolute Gasteiger partial charge is 0.316 e. The van der Waals surface area contributed by atoms with E-state index in [9.17, 15) is 9.18 Å². The lowest BCUT2D eigenvalue weighted by molar-refractivity contribution is 0.259. The Labute approximate surface area is 69.4 Å². The van der Waals surface area contributed by atoms with Crippen molar-refractivity contribution in [3.05, 3.63) is 29.6 Å². The molecule has 0 saturated carbocycles. The van der Waals surface area contributed by atoms with E-state index in [1.165, 1.54) is 12.1 Å². The monoisotopic (exact) mass is 168 g/mol. The molecule has 0 aromatic heterocycles. The lowest BCUT2D eigenvalue weighted by atomic mass is 10.2. The van der Waals surface area contributed by atoms with E-state index in [4.69, 9.17) is 5.73 Å². The van der Waals surface area contributed by atoms with Crippen molar-refractivity contribution in [3.8, 4) is 0 Å². The Balaban J connectivity index is 2.97. The fraction of sp³-hybridized carbons (Fsp3) is 0.125. The number of benzene rings is 1. The van der Waals surface area contributed by atoms with Gasteiger partial charge in [0.15, 0.2) is 0 Å². The number of nitrogens with two attached hydrogens (primary N) is 1. The Bertz CT molecular complexity index is 312. The zero-order valence-electron chi connectivity index (χ0n) is 6.60. The molecule has 2 amide bonds. The number of amides is 2. The lowest BCUT2D eigenvalue weighted by Gasteiger charge is -2.04. The van der Waals surface area contributed by atoms with E-state index in [1.807, 2.05) is 0 Å². The summed E-state index contributed by atoms with van der Waals surface area (Å²) in [6, 6.07) is 3.42. The second-order valence-electron chi connectivity index (χ2n) is 2.45. The number of anilines is 1. The van der Waals surface area contributed by atoms with Crippen LogP contribution in [0, 0.1) is 12.7 Å². The van der Waals surface area contributed by atoms with Crippen LogP contribution in [0.3, 0.4) is 0 Å². The third kappa shape index (κ3) is 1.95. The summed E-state index contributed by atoms with van der Waals surface area (Å²) in [5, 5.41) is 2.31. The van der Waals surface area contributed by atoms with Gasteiger partial charge in [-0.25, -0.2) is 9.18 Å². The maximum absolute atomic E-state index is 12.6. The Morgan fingerprint density at radius 3 is 2.83 bits per heavy atom. The zero-order valence-corrected chi connectivity index (χ0v) is 6.60. The van der Waals surface area contributed by atoms with Crippen LogP contribution in [-0.2, 0) is 0 Å². The number of rotatable bonds is 1. The highest BCUT2D eigenvalue weighted by atomic mass is 19.1. The number of primary amides is 1. The molecule has 64 valence electrons. The van der Waals surface area contributed by atoms with E-state index in [0.29, 0.717) is 5.69 Å². The lowest BCUT2D eigenvalue weighted by Crippen LogP contribution is -2.19. The van der Waals surface area contributed by atoms with Crippen LogP contribution in [0.4, 0.5) is 14.9 Å². The molecule has 4 heteroatoms. The Morgan fingerprint density at radius 1 is 1.58 bits per heavy atom. The van der Waals surface area contributed by atoms with Gasteiger partial charge in [0, 0.05) is 5.69 Å². The number of carbonyl (C=O) groups is 1. The first-order valence-corrected chi connectivity index (χ1v) is 3.42. The summed E-state index contributed by atoms with van der Waals surface area (Å²) in [7, 11) is 0. The van der Waals surface area contributed by atoms with E-state index >= 15 is 0 Å². The summed E-state index contributed by atoms with van der Waals surface area (Å²) >= 11 is 0. The summed E-state index contributed by atoms with van der Waals surface area (Å²) in [6.45, 7) is 1.75. The van der Waals surface area contributed by atoms with E-state index in [-0.39, 0.29) is 0 Å². The third-order valence-corrected chi connectivity index (χ3v) is 1.46. The molecule has 0 spiro atoms. The fourth-order valence-electron chi connectivity index (χ4n) is 0.862. The van der Waals surface area contributed by atoms with Crippen molar-refractivity contribution in [1.82, 2.24) is 0 Å². The Morgan fingerprint density at radius 2 is 2.25 bits per heavy atom. The van der Waals surface area contributed by atoms with Gasteiger partial charge in [0.25, 0.3) is 0 Å². The van der Waals surface area contributed by atoms with E-state index < -0.39 is 11.8 Å². The van der Waals surface area contributed by atoms with Crippen LogP contribution < -0.4 is 11.1 Å². The van der Waals surface area contributed by atoms with Crippen molar-refractivity contribution < 1.29 is 9.18 Å². The molecule has 3 nitrogen and oxygen atoms in total. The average Bonchev–Trinajstić information content (AvgIpc) is 1.96. The molecule has 0 aliphatic rings. The van der Waals surface area contributed by atoms with Gasteiger partial charge in [-0.15, -0.1) is 0 Å². The quantitative estimate of drug-likeness (QED) is 0.657. The molecule has 1 aromatic carbocycles. The predicted molar refractivity (Wildman–Crippen MR) is 44.3 cm³/mol. The molecule has 0 atom stereocenters. The Hall–Kier alpha value is -1.58. The summed E-state index contributed by atoms with van der Waals surface area (Å²) < 4.78 is 12.6. The van der Waals surface area contributed by atoms with Crippen molar-refractivity contribution in [1.29, 1.82) is 0 Å². The van der Waals surface area contributed by atoms with Gasteiger partial charge in [-0.2, -0.15) is 0 Å². The molecule has 0 unspecified atom stereocenters. The maximum Gasteiger partial charge on any atom is 0.316 e. The second kappa shape index (κ2) is 3.21. The summed E-state index contributed by atoms with van der Waals surface area (Å²) in [6.07, 6.45) is 0. The minimum atomic E-state index is -0.691. The molecule has 0 bridgehead atoms. The topological polar surface area (TPSA) is 55.1 Å². The van der Waals surface area contributed by atoms with Crippen molar-refractivity contribution in [2.45, 2.75) is 6.92 Å². The maximum atomic E-state index is 12.6. The molecule has 3 N–H and O–H groups in total. The fourth-order valence-corrected chi connectivity index (χ4v) is 0.862. The van der Waals surface area contributed by atoms with Gasteiger partial charge >= 0.3 is 6.03 Å². The number of carbonyl (C=O) groups excluding carboxylic acids is 1. The van der Waals surface area contributed by atoms with E-state index in [0.717, 1.165) is 5.56 Å². The normalized spacial score (nSPS) is 9.50. The van der Waals surface area contributed by atoms with Crippen LogP contribution in [0.2, 0.25) is 0 Å². The highest BCUT2D eigenvalue weighted by Gasteiger charge is 2.01. The second-order valence-corrected chi connectivity index (χ2v) is 2.45. The molecule has 0 fully saturated rings. The molecule has 12 heavy (non-hydrogen) atoms. The number of urea groups is 1. The molecule has 0 heterocycles. The van der Waals surface area contributed by atoms with Gasteiger partial charge < -0.3 is 11.1 Å². The van der Waals surface area contributed by atoms with Gasteiger partial charge in [-0.05, 0) is 24.6 Å². The molecule has 0 aliphatic carbocycles. The molecule has 0 saturated heterocycles. The largest absolute Gasteiger partial charge is 0.351 e. The van der Waals surface area contributed by atoms with Crippen LogP contribution in [0.5, 0.6) is 0 Å². The molecular formula is C8H9FN2O. The summed E-state index contributed by atoms with van der Waals surface area (Å²) in [4.78, 5) is 10.4. The van der Waals surface area contributed by atoms with Crippen LogP contribution in [-0.4, -0.2) is 6.03 Å². The highest BCUT2D eigenvalue weighted by molar-refractivity contribution is 5.88. The first-order valence-electron chi connectivity index (χ1n) is 3.42. The summed E-state index contributed by atoms with van der Waals surface area (Å²) in [5.74, 6) is -0.399. The number of aryl methyl sites for hydroxylation is 1. The SMILES string of the molecule is Cc1ccc(F)cc1NC(N)=O. The van der Waals surface area contributed by atoms with Gasteiger partial charge in [0.05, 0.1) is 0 Å². The van der Waals surface area contributed by atoms with Gasteiger partial charge in [0.2, 0.25) is 0 Å². The van der Waals surface area contributed by atoms with E-state index in [1.54, 1.807) is 13.0 Å².